The summed E-state index contributed by atoms with van der Waals surface area (Å²) in [6.07, 6.45) is -3.17. The van der Waals surface area contributed by atoms with Crippen molar-refractivity contribution < 1.29 is 31.5 Å². The number of nitrogens with one attached hydrogen (secondary N) is 1. The summed E-state index contributed by atoms with van der Waals surface area (Å²) >= 11 is 0. The van der Waals surface area contributed by atoms with Gasteiger partial charge >= 0.3 is 6.18 Å². The fourth-order valence-corrected chi connectivity index (χ4v) is 3.41. The third-order valence-electron chi connectivity index (χ3n) is 5.15. The average molecular weight is 485 g/mol. The molecule has 0 saturated carbocycles. The third-order valence-corrected chi connectivity index (χ3v) is 5.15. The van der Waals surface area contributed by atoms with Gasteiger partial charge in [-0.1, -0.05) is 30.3 Å². The number of aromatic nitrogens is 2. The predicted octanol–water partition coefficient (Wildman–Crippen LogP) is 5.45. The number of hydrogen-bond acceptors (Lipinski definition) is 3. The lowest BCUT2D eigenvalue weighted by Gasteiger charge is -2.11. The Bertz CT molecular complexity index is 1380. The minimum absolute atomic E-state index is 0.0492. The number of Topliss-reactive ketones (excluding diaryl/α,β-unsaturated/α-hetero) is 1. The van der Waals surface area contributed by atoms with E-state index in [0.717, 1.165) is 30.3 Å². The maximum Gasteiger partial charge on any atom is 0.416 e. The molecule has 4 rings (SSSR count). The van der Waals surface area contributed by atoms with E-state index >= 15 is 0 Å². The molecule has 0 spiro atoms. The second-order valence-electron chi connectivity index (χ2n) is 7.46. The van der Waals surface area contributed by atoms with E-state index in [1.54, 1.807) is 30.3 Å². The van der Waals surface area contributed by atoms with Crippen LogP contribution in [0.2, 0.25) is 0 Å². The number of benzene rings is 3. The Hall–Kier alpha value is -4.34. The molecule has 1 aromatic heterocycles. The number of ketones is 1. The van der Waals surface area contributed by atoms with Crippen LogP contribution < -0.4 is 5.32 Å². The molecule has 1 heterocycles. The van der Waals surface area contributed by atoms with Crippen LogP contribution in [0.5, 0.6) is 0 Å². The van der Waals surface area contributed by atoms with Gasteiger partial charge in [-0.05, 0) is 48.0 Å². The molecule has 0 saturated heterocycles. The number of nitrogens with zero attached hydrogens (tertiary/aromatic N) is 2. The first-order chi connectivity index (χ1) is 16.6. The van der Waals surface area contributed by atoms with Gasteiger partial charge in [0.15, 0.2) is 17.4 Å². The van der Waals surface area contributed by atoms with Gasteiger partial charge in [0.1, 0.15) is 5.69 Å². The molecular formula is C25H16F5N3O2. The van der Waals surface area contributed by atoms with E-state index in [2.05, 4.69) is 10.4 Å². The minimum atomic E-state index is -4.59. The van der Waals surface area contributed by atoms with Crippen molar-refractivity contribution in [3.05, 3.63) is 107 Å². The maximum atomic E-state index is 14.4. The van der Waals surface area contributed by atoms with Crippen LogP contribution in [0.3, 0.4) is 0 Å². The van der Waals surface area contributed by atoms with E-state index < -0.39 is 47.2 Å². The normalized spacial score (nSPS) is 11.3. The van der Waals surface area contributed by atoms with Crippen molar-refractivity contribution in [2.45, 2.75) is 6.18 Å². The summed E-state index contributed by atoms with van der Waals surface area (Å²) < 4.78 is 68.3. The van der Waals surface area contributed by atoms with E-state index in [4.69, 9.17) is 0 Å². The smallest absolute Gasteiger partial charge is 0.345 e. The number of rotatable bonds is 6. The molecule has 0 fully saturated rings. The Kier molecular flexibility index (Phi) is 6.46. The Morgan fingerprint density at radius 3 is 2.26 bits per heavy atom. The van der Waals surface area contributed by atoms with E-state index in [0.29, 0.717) is 11.8 Å². The van der Waals surface area contributed by atoms with Crippen LogP contribution in [0.15, 0.2) is 79.0 Å². The largest absolute Gasteiger partial charge is 0.416 e. The van der Waals surface area contributed by atoms with Crippen LogP contribution in [0, 0.1) is 11.6 Å². The highest BCUT2D eigenvalue weighted by molar-refractivity contribution is 6.02. The molecule has 35 heavy (non-hydrogen) atoms. The van der Waals surface area contributed by atoms with Crippen LogP contribution in [-0.2, 0) is 6.18 Å². The molecule has 4 aromatic rings. The Morgan fingerprint density at radius 1 is 0.914 bits per heavy atom. The SMILES string of the molecule is O=C(NCC(=O)c1ccnn1-c1ccccc1)c1cc(F)c(F)c(-c2ccc(C(F)(F)F)cc2)c1. The Morgan fingerprint density at radius 2 is 1.60 bits per heavy atom. The summed E-state index contributed by atoms with van der Waals surface area (Å²) in [6, 6.07) is 15.4. The number of hydrogen-bond donors (Lipinski definition) is 1. The fraction of sp³-hybridized carbons (Fsp3) is 0.0800. The molecule has 10 heteroatoms. The quantitative estimate of drug-likeness (QED) is 0.292. The van der Waals surface area contributed by atoms with Crippen molar-refractivity contribution >= 4 is 11.7 Å². The Labute approximate surface area is 195 Å². The zero-order valence-electron chi connectivity index (χ0n) is 17.8. The maximum absolute atomic E-state index is 14.4. The van der Waals surface area contributed by atoms with Crippen LogP contribution >= 0.6 is 0 Å². The molecule has 0 atom stereocenters. The molecule has 3 aromatic carbocycles. The summed E-state index contributed by atoms with van der Waals surface area (Å²) in [6.45, 7) is -0.452. The van der Waals surface area contributed by atoms with Crippen LogP contribution in [0.25, 0.3) is 16.8 Å². The van der Waals surface area contributed by atoms with Crippen LogP contribution in [0.4, 0.5) is 22.0 Å². The van der Waals surface area contributed by atoms with Gasteiger partial charge < -0.3 is 5.32 Å². The molecular weight excluding hydrogens is 469 g/mol. The van der Waals surface area contributed by atoms with Gasteiger partial charge in [-0.25, -0.2) is 13.5 Å². The molecule has 0 aliphatic heterocycles. The summed E-state index contributed by atoms with van der Waals surface area (Å²) in [5.74, 6) is -4.02. The molecule has 0 aliphatic carbocycles. The summed E-state index contributed by atoms with van der Waals surface area (Å²) in [4.78, 5) is 25.2. The first kappa shape index (κ1) is 23.8. The standard InChI is InChI=1S/C25H16F5N3O2/c26-20-13-16(12-19(23(20)27)15-6-8-17(9-7-15)25(28,29)30)24(35)31-14-22(34)21-10-11-32-33(21)18-4-2-1-3-5-18/h1-13H,14H2,(H,31,35). The van der Waals surface area contributed by atoms with Gasteiger partial charge in [0, 0.05) is 11.1 Å². The molecule has 0 aliphatic rings. The number of para-hydroxylation sites is 1. The van der Waals surface area contributed by atoms with E-state index in [1.807, 2.05) is 0 Å². The molecule has 1 amide bonds. The summed E-state index contributed by atoms with van der Waals surface area (Å²) in [5.41, 5.74) is -0.863. The van der Waals surface area contributed by atoms with Crippen molar-refractivity contribution in [1.82, 2.24) is 15.1 Å². The minimum Gasteiger partial charge on any atom is -0.345 e. The summed E-state index contributed by atoms with van der Waals surface area (Å²) in [7, 11) is 0. The topological polar surface area (TPSA) is 64.0 Å². The number of amides is 1. The number of halogens is 5. The molecule has 178 valence electrons. The molecule has 0 radical (unpaired) electrons. The fourth-order valence-electron chi connectivity index (χ4n) is 3.41. The van der Waals surface area contributed by atoms with Crippen molar-refractivity contribution in [2.75, 3.05) is 6.54 Å². The van der Waals surface area contributed by atoms with Gasteiger partial charge in [0.25, 0.3) is 5.91 Å². The van der Waals surface area contributed by atoms with Crippen molar-refractivity contribution in [3.63, 3.8) is 0 Å². The number of carbonyl (C=O) groups is 2. The Balaban J connectivity index is 1.53. The number of alkyl halides is 3. The monoisotopic (exact) mass is 485 g/mol. The van der Waals surface area contributed by atoms with Crippen molar-refractivity contribution in [3.8, 4) is 16.8 Å². The average Bonchev–Trinajstić information content (AvgIpc) is 3.34. The first-order valence-corrected chi connectivity index (χ1v) is 10.2. The zero-order chi connectivity index (χ0) is 25.2. The van der Waals surface area contributed by atoms with E-state index in [9.17, 15) is 31.5 Å². The summed E-state index contributed by atoms with van der Waals surface area (Å²) in [5, 5.41) is 6.45. The lowest BCUT2D eigenvalue weighted by Crippen LogP contribution is -2.30. The van der Waals surface area contributed by atoms with Crippen LogP contribution in [0.1, 0.15) is 26.4 Å². The zero-order valence-corrected chi connectivity index (χ0v) is 17.8. The van der Waals surface area contributed by atoms with Gasteiger partial charge in [-0.3, -0.25) is 9.59 Å². The second kappa shape index (κ2) is 9.49. The van der Waals surface area contributed by atoms with Gasteiger partial charge in [-0.15, -0.1) is 0 Å². The van der Waals surface area contributed by atoms with Gasteiger partial charge in [0.2, 0.25) is 0 Å². The molecule has 0 unspecified atom stereocenters. The van der Waals surface area contributed by atoms with Gasteiger partial charge in [0.05, 0.1) is 24.0 Å². The lowest BCUT2D eigenvalue weighted by molar-refractivity contribution is -0.137. The lowest BCUT2D eigenvalue weighted by atomic mass is 10.00. The van der Waals surface area contributed by atoms with E-state index in [-0.39, 0.29) is 16.8 Å². The number of carbonyl (C=O) groups excluding carboxylic acids is 2. The van der Waals surface area contributed by atoms with Crippen molar-refractivity contribution in [1.29, 1.82) is 0 Å². The van der Waals surface area contributed by atoms with E-state index in [1.165, 1.54) is 16.9 Å². The first-order valence-electron chi connectivity index (χ1n) is 10.2. The highest BCUT2D eigenvalue weighted by Gasteiger charge is 2.30. The van der Waals surface area contributed by atoms with Crippen molar-refractivity contribution in [2.24, 2.45) is 0 Å². The molecule has 0 bridgehead atoms. The van der Waals surface area contributed by atoms with Crippen LogP contribution in [-0.4, -0.2) is 28.0 Å². The highest BCUT2D eigenvalue weighted by atomic mass is 19.4. The molecule has 5 nitrogen and oxygen atoms in total. The predicted molar refractivity (Wildman–Crippen MR) is 117 cm³/mol. The van der Waals surface area contributed by atoms with Gasteiger partial charge in [-0.2, -0.15) is 18.3 Å². The highest BCUT2D eigenvalue weighted by Crippen LogP contribution is 2.32. The second-order valence-corrected chi connectivity index (χ2v) is 7.46. The molecule has 1 N–H and O–H groups in total. The third kappa shape index (κ3) is 5.11.